The molecule has 0 spiro atoms. The lowest BCUT2D eigenvalue weighted by Crippen LogP contribution is -2.31. The van der Waals surface area contributed by atoms with Crippen molar-refractivity contribution in [2.24, 2.45) is 0 Å². The summed E-state index contributed by atoms with van der Waals surface area (Å²) in [6.07, 6.45) is 5.04. The molecule has 0 aromatic heterocycles. The minimum Gasteiger partial charge on any atom is -0.341 e. The van der Waals surface area contributed by atoms with Gasteiger partial charge in [0.25, 0.3) is 0 Å². The monoisotopic (exact) mass is 154 g/mol. The molecule has 1 atom stereocenters. The highest BCUT2D eigenvalue weighted by Gasteiger charge is 2.46. The Labute approximate surface area is 67.9 Å². The van der Waals surface area contributed by atoms with E-state index in [2.05, 4.69) is 5.92 Å². The van der Waals surface area contributed by atoms with Gasteiger partial charge in [-0.1, -0.05) is 5.92 Å². The summed E-state index contributed by atoms with van der Waals surface area (Å²) in [4.78, 5) is 0. The van der Waals surface area contributed by atoms with Crippen molar-refractivity contribution < 1.29 is 9.47 Å². The Morgan fingerprint density at radius 2 is 1.82 bits per heavy atom. The minimum absolute atomic E-state index is 0.238. The van der Waals surface area contributed by atoms with Crippen LogP contribution in [0.25, 0.3) is 0 Å². The molecule has 1 saturated heterocycles. The van der Waals surface area contributed by atoms with E-state index in [0.29, 0.717) is 0 Å². The summed E-state index contributed by atoms with van der Waals surface area (Å²) < 4.78 is 11.0. The van der Waals surface area contributed by atoms with Crippen LogP contribution in [-0.4, -0.2) is 17.5 Å². The van der Waals surface area contributed by atoms with Crippen molar-refractivity contribution >= 4 is 0 Å². The van der Waals surface area contributed by atoms with E-state index >= 15 is 0 Å². The fourth-order valence-electron chi connectivity index (χ4n) is 1.37. The first-order valence-electron chi connectivity index (χ1n) is 3.71. The van der Waals surface area contributed by atoms with Gasteiger partial charge in [0, 0.05) is 0 Å². The van der Waals surface area contributed by atoms with Gasteiger partial charge in [0.2, 0.25) is 0 Å². The zero-order valence-electron chi connectivity index (χ0n) is 7.47. The van der Waals surface area contributed by atoms with Gasteiger partial charge in [-0.3, -0.25) is 0 Å². The van der Waals surface area contributed by atoms with Crippen molar-refractivity contribution in [1.82, 2.24) is 0 Å². The molecule has 0 aromatic carbocycles. The van der Waals surface area contributed by atoms with E-state index in [1.807, 2.05) is 27.7 Å². The molecule has 0 amide bonds. The third-order valence-electron chi connectivity index (χ3n) is 1.69. The first-order valence-corrected chi connectivity index (χ1v) is 3.71. The second kappa shape index (κ2) is 2.23. The standard InChI is InChI=1S/C9H14O2/c1-6-7-8(2,3)11-9(4,5)10-7/h1,7H,2-5H3. The second-order valence-corrected chi connectivity index (χ2v) is 3.77. The molecule has 0 radical (unpaired) electrons. The van der Waals surface area contributed by atoms with Crippen molar-refractivity contribution in [2.75, 3.05) is 0 Å². The predicted molar refractivity (Wildman–Crippen MR) is 42.9 cm³/mol. The summed E-state index contributed by atoms with van der Waals surface area (Å²) in [6.45, 7) is 7.61. The van der Waals surface area contributed by atoms with Crippen LogP contribution in [-0.2, 0) is 9.47 Å². The van der Waals surface area contributed by atoms with Crippen LogP contribution in [0.4, 0.5) is 0 Å². The molecule has 1 heterocycles. The Balaban J connectivity index is 2.81. The largest absolute Gasteiger partial charge is 0.341 e. The summed E-state index contributed by atoms with van der Waals surface area (Å²) >= 11 is 0. The van der Waals surface area contributed by atoms with Crippen LogP contribution in [0.3, 0.4) is 0 Å². The highest BCUT2D eigenvalue weighted by Crippen LogP contribution is 2.35. The van der Waals surface area contributed by atoms with Crippen molar-refractivity contribution in [2.45, 2.75) is 45.2 Å². The van der Waals surface area contributed by atoms with Gasteiger partial charge in [-0.25, -0.2) is 0 Å². The summed E-state index contributed by atoms with van der Waals surface area (Å²) in [7, 11) is 0. The van der Waals surface area contributed by atoms with E-state index in [4.69, 9.17) is 15.9 Å². The van der Waals surface area contributed by atoms with E-state index in [1.165, 1.54) is 0 Å². The first-order chi connectivity index (χ1) is 4.87. The molecule has 0 aliphatic carbocycles. The van der Waals surface area contributed by atoms with Crippen molar-refractivity contribution in [3.63, 3.8) is 0 Å². The highest BCUT2D eigenvalue weighted by atomic mass is 16.8. The van der Waals surface area contributed by atoms with Gasteiger partial charge < -0.3 is 9.47 Å². The Bertz CT molecular complexity index is 198. The summed E-state index contributed by atoms with van der Waals surface area (Å²) in [5.41, 5.74) is -0.363. The average molecular weight is 154 g/mol. The maximum Gasteiger partial charge on any atom is 0.165 e. The van der Waals surface area contributed by atoms with Crippen LogP contribution in [0.1, 0.15) is 27.7 Å². The predicted octanol–water partition coefficient (Wildman–Crippen LogP) is 1.55. The smallest absolute Gasteiger partial charge is 0.165 e. The van der Waals surface area contributed by atoms with E-state index in [9.17, 15) is 0 Å². The van der Waals surface area contributed by atoms with E-state index in [1.54, 1.807) is 0 Å². The topological polar surface area (TPSA) is 18.5 Å². The van der Waals surface area contributed by atoms with Crippen LogP contribution in [0.2, 0.25) is 0 Å². The lowest BCUT2D eigenvalue weighted by molar-refractivity contribution is -0.155. The number of hydrogen-bond donors (Lipinski definition) is 0. The summed E-state index contributed by atoms with van der Waals surface area (Å²) in [5.74, 6) is 2.02. The van der Waals surface area contributed by atoms with E-state index < -0.39 is 5.79 Å². The van der Waals surface area contributed by atoms with Crippen LogP contribution in [0, 0.1) is 12.3 Å². The quantitative estimate of drug-likeness (QED) is 0.493. The molecule has 1 aliphatic rings. The van der Waals surface area contributed by atoms with Gasteiger partial charge in [-0.2, -0.15) is 0 Å². The Hall–Kier alpha value is -0.520. The molecule has 1 aliphatic heterocycles. The summed E-state index contributed by atoms with van der Waals surface area (Å²) in [6, 6.07) is 0. The Morgan fingerprint density at radius 1 is 1.27 bits per heavy atom. The lowest BCUT2D eigenvalue weighted by Gasteiger charge is -2.21. The highest BCUT2D eigenvalue weighted by molar-refractivity contribution is 5.07. The maximum atomic E-state index is 5.57. The molecule has 62 valence electrons. The maximum absolute atomic E-state index is 5.57. The second-order valence-electron chi connectivity index (χ2n) is 3.77. The molecule has 1 unspecified atom stereocenters. The number of rotatable bonds is 0. The van der Waals surface area contributed by atoms with Gasteiger partial charge in [-0.05, 0) is 27.7 Å². The van der Waals surface area contributed by atoms with Crippen molar-refractivity contribution in [1.29, 1.82) is 0 Å². The lowest BCUT2D eigenvalue weighted by atomic mass is 10.0. The molecular weight excluding hydrogens is 140 g/mol. The molecule has 0 bridgehead atoms. The van der Waals surface area contributed by atoms with E-state index in [-0.39, 0.29) is 11.7 Å². The molecule has 2 heteroatoms. The number of ether oxygens (including phenoxy) is 2. The molecule has 11 heavy (non-hydrogen) atoms. The first kappa shape index (κ1) is 8.58. The Morgan fingerprint density at radius 3 is 2.00 bits per heavy atom. The molecule has 0 saturated carbocycles. The van der Waals surface area contributed by atoms with Gasteiger partial charge >= 0.3 is 0 Å². The van der Waals surface area contributed by atoms with Crippen LogP contribution in [0.5, 0.6) is 0 Å². The third kappa shape index (κ3) is 1.55. The molecule has 0 aromatic rings. The Kier molecular flexibility index (Phi) is 1.74. The minimum atomic E-state index is -0.541. The SMILES string of the molecule is C#CC1OC(C)(C)OC1(C)C. The van der Waals surface area contributed by atoms with Gasteiger partial charge in [-0.15, -0.1) is 6.42 Å². The normalized spacial score (nSPS) is 33.2. The molecule has 1 rings (SSSR count). The van der Waals surface area contributed by atoms with Crippen molar-refractivity contribution in [3.8, 4) is 12.3 Å². The number of hydrogen-bond acceptors (Lipinski definition) is 2. The average Bonchev–Trinajstić information content (AvgIpc) is 1.99. The van der Waals surface area contributed by atoms with Gasteiger partial charge in [0.15, 0.2) is 5.79 Å². The molecule has 0 N–H and O–H groups in total. The summed E-state index contributed by atoms with van der Waals surface area (Å²) in [5, 5.41) is 0. The molecule has 1 fully saturated rings. The van der Waals surface area contributed by atoms with Crippen LogP contribution < -0.4 is 0 Å². The van der Waals surface area contributed by atoms with Gasteiger partial charge in [0.05, 0.1) is 0 Å². The van der Waals surface area contributed by atoms with E-state index in [0.717, 1.165) is 0 Å². The zero-order chi connectivity index (χ0) is 8.70. The van der Waals surface area contributed by atoms with Crippen molar-refractivity contribution in [3.05, 3.63) is 0 Å². The molecule has 2 nitrogen and oxygen atoms in total. The van der Waals surface area contributed by atoms with Crippen LogP contribution in [0.15, 0.2) is 0 Å². The fourth-order valence-corrected chi connectivity index (χ4v) is 1.37. The van der Waals surface area contributed by atoms with Crippen LogP contribution >= 0.6 is 0 Å². The zero-order valence-corrected chi connectivity index (χ0v) is 7.47. The third-order valence-corrected chi connectivity index (χ3v) is 1.69. The fraction of sp³-hybridized carbons (Fsp3) is 0.778. The van der Waals surface area contributed by atoms with Gasteiger partial charge in [0.1, 0.15) is 11.7 Å². The number of terminal acetylenes is 1. The molecular formula is C9H14O2.